The van der Waals surface area contributed by atoms with Gasteiger partial charge in [-0.25, -0.2) is 0 Å². The van der Waals surface area contributed by atoms with Crippen molar-refractivity contribution < 1.29 is 160 Å². The molecule has 0 aliphatic rings. The summed E-state index contributed by atoms with van der Waals surface area (Å²) in [7, 11) is 26.6. The van der Waals surface area contributed by atoms with Gasteiger partial charge in [-0.05, 0) is 145 Å². The number of halogens is 5. The van der Waals surface area contributed by atoms with Crippen LogP contribution >= 0.6 is 73.5 Å². The molecular weight excluding hydrogens is 2570 g/mol. The van der Waals surface area contributed by atoms with Crippen molar-refractivity contribution in [3.63, 3.8) is 0 Å². The van der Waals surface area contributed by atoms with Gasteiger partial charge < -0.3 is 112 Å². The summed E-state index contributed by atoms with van der Waals surface area (Å²) < 4.78 is 0. The molecule has 664 valence electrons. The number of pyridine rings is 7. The molecule has 5 N–H and O–H groups in total. The molecular formula is C77H124Cl5N14O7Os4P3Ru3-14. The van der Waals surface area contributed by atoms with Crippen LogP contribution in [0.2, 0.25) is 0 Å². The van der Waals surface area contributed by atoms with Crippen molar-refractivity contribution in [3.8, 4) is 0 Å². The second-order valence-electron chi connectivity index (χ2n) is 19.8. The third-order valence-electron chi connectivity index (χ3n) is 11.4. The van der Waals surface area contributed by atoms with Crippen LogP contribution in [0.1, 0.15) is 114 Å². The fourth-order valence-corrected chi connectivity index (χ4v) is 10.8. The Morgan fingerprint density at radius 1 is 0.389 bits per heavy atom. The Labute approximate surface area is 785 Å². The minimum absolute atomic E-state index is 0. The molecule has 113 heavy (non-hydrogen) atoms. The van der Waals surface area contributed by atoms with E-state index in [1.165, 1.54) is 47.5 Å². The van der Waals surface area contributed by atoms with E-state index in [1.54, 1.807) is 82.9 Å². The van der Waals surface area contributed by atoms with Crippen molar-refractivity contribution >= 4 is 121 Å². The average Bonchev–Trinajstić information content (AvgIpc) is 1.03. The molecule has 21 nitrogen and oxygen atoms in total. The molecule has 0 aliphatic carbocycles. The zero-order valence-corrected chi connectivity index (χ0v) is 88.7. The van der Waals surface area contributed by atoms with E-state index >= 15 is 0 Å². The monoisotopic (exact) mass is 2700 g/mol. The third-order valence-corrected chi connectivity index (χ3v) is 16.5. The van der Waals surface area contributed by atoms with Crippen molar-refractivity contribution in [1.82, 2.24) is 61.5 Å². The summed E-state index contributed by atoms with van der Waals surface area (Å²) in [6.07, 6.45) is 21.8. The van der Waals surface area contributed by atoms with E-state index in [4.69, 9.17) is 52.8 Å². The van der Waals surface area contributed by atoms with Crippen LogP contribution in [0.3, 0.4) is 0 Å². The van der Waals surface area contributed by atoms with Crippen molar-refractivity contribution in [3.05, 3.63) is 262 Å². The molecule has 0 bridgehead atoms. The Morgan fingerprint density at radius 2 is 0.566 bits per heavy atom. The van der Waals surface area contributed by atoms with Crippen molar-refractivity contribution in [2.75, 3.05) is 58.1 Å². The van der Waals surface area contributed by atoms with Crippen molar-refractivity contribution in [1.29, 1.82) is 0 Å². The van der Waals surface area contributed by atoms with Gasteiger partial charge in [-0.3, -0.25) is 82.4 Å². The Kier molecular flexibility index (Phi) is 196. The fourth-order valence-electron chi connectivity index (χ4n) is 7.19. The SMILES string of the molecule is CC(C)[PH+](CC[N-]Cc1ccccn1)C(C)C.C[CH-]C.PPCC[N-]Cc1ccccn1.[CH-]=O.[CH-]=O.[CH-]=O.[CH-]=O.[CH-]=O.[CH-]=O.[CH-]=O.[CH2-]CCNCc1ccccn1.[CH2-]CCNCc1ccccn1.[CH2-]CCNCc1ccccn1.[CH2-]CCNCc1ccccn1.[CH2-]CCNCc1ccccn1.[Cl][OsH].[Cl][OsH].[Cl][RuH].[Cl][RuH].[Cl][RuH].[OsH].[OsH]. The van der Waals surface area contributed by atoms with Crippen LogP contribution in [0, 0.1) is 41.0 Å². The molecule has 0 fully saturated rings. The van der Waals surface area contributed by atoms with Gasteiger partial charge in [0.1, 0.15) is 0 Å². The molecule has 0 spiro atoms. The predicted octanol–water partition coefficient (Wildman–Crippen LogP) is 14.3. The zero-order valence-electron chi connectivity index (χ0n) is 65.3. The van der Waals surface area contributed by atoms with E-state index in [-0.39, 0.29) is 47.5 Å². The predicted molar refractivity (Wildman–Crippen MR) is 470 cm³/mol. The van der Waals surface area contributed by atoms with Crippen LogP contribution in [-0.4, -0.2) is 152 Å². The standard InChI is InChI=1S/C14H24N2P.5C9H13N2.C8H13N2P2.C3H7.7CHO.5ClH.4Os.3Ru.7H/c1-12(2)17(13(3)4)10-9-15-11-14-7-5-6-8-16-14;5*1-2-6-10-8-9-5-3-4-7-11-9;11-12-6-5-9-7-8-3-1-2-4-10-8;1-3-2;7*1-2;;;;;;;;;;;;;;;;;;;/h5-8,12-13H,9-11H2,1-4H3;5*3-5,7,10H,1-2,6,8H2;1-4,12H,5-7,11H2;3H,1-2H3;7*1H;5*1H;;;;;;;;;;;;;;/q15*-1;;;;;;;;5*+1;;;;;;;/p-4. The van der Waals surface area contributed by atoms with Gasteiger partial charge in [-0.15, -0.1) is 43.4 Å². The van der Waals surface area contributed by atoms with E-state index < -0.39 is 0 Å². The minimum atomic E-state index is -0.247. The van der Waals surface area contributed by atoms with E-state index in [0.717, 1.165) is 183 Å². The van der Waals surface area contributed by atoms with E-state index in [9.17, 15) is 0 Å². The average molecular weight is 2690 g/mol. The van der Waals surface area contributed by atoms with Crippen LogP contribution in [-0.2, 0) is 206 Å². The zero-order chi connectivity index (χ0) is 87.7. The molecule has 2 atom stereocenters. The first kappa shape index (κ1) is 146. The number of hydrogen-bond donors (Lipinski definition) is 5. The molecule has 2 unspecified atom stereocenters. The van der Waals surface area contributed by atoms with Gasteiger partial charge in [0.2, 0.25) is 0 Å². The number of aromatic nitrogens is 7. The summed E-state index contributed by atoms with van der Waals surface area (Å²) >= 11 is 7.26. The number of carbonyl (C=O) groups excluding carboxylic acids is 7. The summed E-state index contributed by atoms with van der Waals surface area (Å²) in [6, 6.07) is 41.6. The maximum absolute atomic E-state index is 7.75. The summed E-state index contributed by atoms with van der Waals surface area (Å²) in [6.45, 7) is 67.3. The maximum atomic E-state index is 7.75. The Morgan fingerprint density at radius 3 is 0.717 bits per heavy atom. The van der Waals surface area contributed by atoms with Crippen LogP contribution in [0.25, 0.3) is 10.6 Å². The topological polar surface area (TPSA) is 298 Å². The molecule has 7 aromatic heterocycles. The van der Waals surface area contributed by atoms with E-state index in [2.05, 4.69) is 220 Å². The summed E-state index contributed by atoms with van der Waals surface area (Å²) in [5.74, 6) is 0. The van der Waals surface area contributed by atoms with Crippen molar-refractivity contribution in [2.45, 2.75) is 131 Å². The molecule has 7 rings (SSSR count). The van der Waals surface area contributed by atoms with E-state index in [1.807, 2.05) is 160 Å². The Balaban J connectivity index is -0.0000000725. The van der Waals surface area contributed by atoms with Gasteiger partial charge in [0, 0.05) is 102 Å². The summed E-state index contributed by atoms with van der Waals surface area (Å²) in [5, 5.41) is 25.1. The molecule has 0 aromatic carbocycles. The fraction of sp³-hybridized carbons (Fsp3) is 0.377. The first-order valence-electron chi connectivity index (χ1n) is 33.1. The van der Waals surface area contributed by atoms with Crippen LogP contribution in [0.5, 0.6) is 0 Å². The second-order valence-corrected chi connectivity index (χ2v) is 25.9. The van der Waals surface area contributed by atoms with Gasteiger partial charge in [0.15, 0.2) is 0 Å². The first-order valence-corrected chi connectivity index (χ1v) is 51.9. The Hall–Kier alpha value is -1.38. The molecule has 7 heterocycles. The van der Waals surface area contributed by atoms with Crippen LogP contribution in [0.15, 0.2) is 171 Å². The number of hydrogen-bond acceptors (Lipinski definition) is 19. The Bertz CT molecular complexity index is 2340. The molecule has 36 heteroatoms. The normalized spacial score (nSPS) is 8.48. The summed E-state index contributed by atoms with van der Waals surface area (Å²) in [4.78, 5) is 83.5. The van der Waals surface area contributed by atoms with Gasteiger partial charge >= 0.3 is 175 Å². The molecule has 0 saturated carbocycles. The third kappa shape index (κ3) is 129. The van der Waals surface area contributed by atoms with Crippen molar-refractivity contribution in [2.24, 2.45) is 0 Å². The van der Waals surface area contributed by atoms with Gasteiger partial charge in [0.25, 0.3) is 0 Å². The second kappa shape index (κ2) is 152. The van der Waals surface area contributed by atoms with Gasteiger partial charge in [-0.1, -0.05) is 48.6 Å². The van der Waals surface area contributed by atoms with Gasteiger partial charge in [0.05, 0.1) is 39.8 Å². The molecule has 0 aliphatic heterocycles. The number of rotatable bonds is 32. The number of nitrogens with one attached hydrogen (secondary N) is 5. The van der Waals surface area contributed by atoms with Crippen LogP contribution < -0.4 is 26.6 Å². The van der Waals surface area contributed by atoms with Crippen LogP contribution in [0.4, 0.5) is 0 Å². The summed E-state index contributed by atoms with van der Waals surface area (Å²) in [5.41, 5.74) is 9.26. The molecule has 0 radical (unpaired) electrons. The van der Waals surface area contributed by atoms with Gasteiger partial charge in [-0.2, -0.15) is 46.0 Å². The van der Waals surface area contributed by atoms with E-state index in [0.29, 0.717) is 0 Å². The number of nitrogens with zero attached hydrogens (tertiary/aromatic N) is 9. The molecule has 7 aromatic rings. The molecule has 0 saturated heterocycles. The first-order chi connectivity index (χ1) is 54.6. The molecule has 0 amide bonds. The quantitative estimate of drug-likeness (QED) is 0.00860.